The molecule has 23 heavy (non-hydrogen) atoms. The number of methoxy groups -OCH3 is 2. The van der Waals surface area contributed by atoms with Crippen LogP contribution in [0.25, 0.3) is 0 Å². The number of aliphatic carboxylic acids is 1. The lowest BCUT2D eigenvalue weighted by Crippen LogP contribution is -2.31. The molecule has 124 valence electrons. The maximum absolute atomic E-state index is 11.8. The number of benzene rings is 1. The minimum absolute atomic E-state index is 0.366. The predicted octanol–water partition coefficient (Wildman–Crippen LogP) is 1.99. The Hall–Kier alpha value is -2.54. The topological polar surface area (TPSA) is 87.7 Å². The number of aromatic nitrogens is 2. The first-order chi connectivity index (χ1) is 11.0. The lowest BCUT2D eigenvalue weighted by molar-refractivity contribution is -0.143. The second-order valence-electron chi connectivity index (χ2n) is 5.25. The van der Waals surface area contributed by atoms with E-state index in [9.17, 15) is 9.90 Å². The van der Waals surface area contributed by atoms with Crippen molar-refractivity contribution in [2.75, 3.05) is 21.3 Å². The molecular formula is C16H21N3O4. The van der Waals surface area contributed by atoms with E-state index in [1.54, 1.807) is 36.3 Å². The molecule has 0 bridgehead atoms. The SMILES string of the molecule is COc1cccc(C(C(=O)O)N(C)Cc2ncc(C)[nH]2)c1OC. The molecule has 0 aliphatic rings. The van der Waals surface area contributed by atoms with Crippen molar-refractivity contribution in [2.45, 2.75) is 19.5 Å². The van der Waals surface area contributed by atoms with Crippen LogP contribution < -0.4 is 9.47 Å². The van der Waals surface area contributed by atoms with Crippen LogP contribution in [-0.2, 0) is 11.3 Å². The van der Waals surface area contributed by atoms with Gasteiger partial charge in [0.1, 0.15) is 11.9 Å². The third kappa shape index (κ3) is 3.62. The van der Waals surface area contributed by atoms with Gasteiger partial charge < -0.3 is 19.6 Å². The molecule has 2 aromatic rings. The summed E-state index contributed by atoms with van der Waals surface area (Å²) in [6.07, 6.45) is 1.71. The van der Waals surface area contributed by atoms with E-state index < -0.39 is 12.0 Å². The highest BCUT2D eigenvalue weighted by atomic mass is 16.5. The zero-order valence-corrected chi connectivity index (χ0v) is 13.7. The van der Waals surface area contributed by atoms with Gasteiger partial charge in [-0.25, -0.2) is 4.98 Å². The number of imidazole rings is 1. The molecule has 1 unspecified atom stereocenters. The summed E-state index contributed by atoms with van der Waals surface area (Å²) in [4.78, 5) is 20.9. The van der Waals surface area contributed by atoms with Crippen LogP contribution in [0.3, 0.4) is 0 Å². The van der Waals surface area contributed by atoms with Gasteiger partial charge in [-0.15, -0.1) is 0 Å². The molecule has 0 aliphatic carbocycles. The van der Waals surface area contributed by atoms with E-state index in [2.05, 4.69) is 9.97 Å². The zero-order valence-electron chi connectivity index (χ0n) is 13.7. The molecule has 7 nitrogen and oxygen atoms in total. The van der Waals surface area contributed by atoms with Crippen LogP contribution in [0.5, 0.6) is 11.5 Å². The van der Waals surface area contributed by atoms with Crippen molar-refractivity contribution in [3.8, 4) is 11.5 Å². The average molecular weight is 319 g/mol. The van der Waals surface area contributed by atoms with E-state index in [1.807, 2.05) is 6.92 Å². The fourth-order valence-electron chi connectivity index (χ4n) is 2.56. The summed E-state index contributed by atoms with van der Waals surface area (Å²) in [5.74, 6) is 0.656. The van der Waals surface area contributed by atoms with Crippen LogP contribution in [-0.4, -0.2) is 47.2 Å². The first-order valence-corrected chi connectivity index (χ1v) is 7.12. The van der Waals surface area contributed by atoms with Crippen LogP contribution in [0.1, 0.15) is 23.1 Å². The number of carboxylic acid groups (broad SMARTS) is 1. The highest BCUT2D eigenvalue weighted by molar-refractivity contribution is 5.77. The fourth-order valence-corrected chi connectivity index (χ4v) is 2.56. The molecule has 1 heterocycles. The molecule has 0 saturated heterocycles. The number of hydrogen-bond acceptors (Lipinski definition) is 5. The van der Waals surface area contributed by atoms with E-state index in [0.29, 0.717) is 29.4 Å². The second-order valence-corrected chi connectivity index (χ2v) is 5.25. The van der Waals surface area contributed by atoms with E-state index >= 15 is 0 Å². The van der Waals surface area contributed by atoms with Crippen LogP contribution in [0.4, 0.5) is 0 Å². The number of rotatable bonds is 7. The number of aromatic amines is 1. The Morgan fingerprint density at radius 1 is 1.39 bits per heavy atom. The molecule has 0 radical (unpaired) electrons. The summed E-state index contributed by atoms with van der Waals surface area (Å²) in [5, 5.41) is 9.70. The number of aryl methyl sites for hydroxylation is 1. The number of ether oxygens (including phenoxy) is 2. The minimum Gasteiger partial charge on any atom is -0.493 e. The largest absolute Gasteiger partial charge is 0.493 e. The molecule has 0 saturated carbocycles. The molecule has 0 fully saturated rings. The van der Waals surface area contributed by atoms with Gasteiger partial charge >= 0.3 is 5.97 Å². The van der Waals surface area contributed by atoms with E-state index in [4.69, 9.17) is 9.47 Å². The number of nitrogens with one attached hydrogen (secondary N) is 1. The Morgan fingerprint density at radius 3 is 2.65 bits per heavy atom. The third-order valence-electron chi connectivity index (χ3n) is 3.56. The molecule has 1 aromatic heterocycles. The summed E-state index contributed by atoms with van der Waals surface area (Å²) in [7, 11) is 4.75. The van der Waals surface area contributed by atoms with E-state index in [1.165, 1.54) is 14.2 Å². The zero-order chi connectivity index (χ0) is 17.0. The molecule has 0 spiro atoms. The maximum atomic E-state index is 11.8. The molecular weight excluding hydrogens is 298 g/mol. The number of H-pyrrole nitrogens is 1. The summed E-state index contributed by atoms with van der Waals surface area (Å²) in [6.45, 7) is 2.27. The van der Waals surface area contributed by atoms with Crippen LogP contribution in [0.15, 0.2) is 24.4 Å². The van der Waals surface area contributed by atoms with Gasteiger partial charge in [-0.2, -0.15) is 0 Å². The van der Waals surface area contributed by atoms with Crippen molar-refractivity contribution in [3.05, 3.63) is 41.5 Å². The highest BCUT2D eigenvalue weighted by Gasteiger charge is 2.29. The number of carboxylic acids is 1. The molecule has 1 atom stereocenters. The number of para-hydroxylation sites is 1. The standard InChI is InChI=1S/C16H21N3O4/c1-10-8-17-13(18-10)9-19(2)14(16(20)21)11-6-5-7-12(22-3)15(11)23-4/h5-8,14H,9H2,1-4H3,(H,17,18)(H,20,21). The highest BCUT2D eigenvalue weighted by Crippen LogP contribution is 2.37. The van der Waals surface area contributed by atoms with E-state index in [0.717, 1.165) is 5.69 Å². The smallest absolute Gasteiger partial charge is 0.325 e. The van der Waals surface area contributed by atoms with Crippen molar-refractivity contribution in [1.29, 1.82) is 0 Å². The van der Waals surface area contributed by atoms with Crippen LogP contribution in [0.2, 0.25) is 0 Å². The number of carbonyl (C=O) groups is 1. The summed E-state index contributed by atoms with van der Waals surface area (Å²) in [5.41, 5.74) is 1.46. The molecule has 2 N–H and O–H groups in total. The average Bonchev–Trinajstić information content (AvgIpc) is 2.91. The van der Waals surface area contributed by atoms with Crippen LogP contribution in [0, 0.1) is 6.92 Å². The summed E-state index contributed by atoms with van der Waals surface area (Å²) < 4.78 is 10.6. The first-order valence-electron chi connectivity index (χ1n) is 7.12. The Balaban J connectivity index is 2.36. The monoisotopic (exact) mass is 319 g/mol. The van der Waals surface area contributed by atoms with Crippen molar-refractivity contribution >= 4 is 5.97 Å². The molecule has 1 aromatic carbocycles. The van der Waals surface area contributed by atoms with Gasteiger partial charge in [-0.1, -0.05) is 12.1 Å². The predicted molar refractivity (Wildman–Crippen MR) is 84.7 cm³/mol. The molecule has 2 rings (SSSR count). The Kier molecular flexibility index (Phi) is 5.23. The lowest BCUT2D eigenvalue weighted by atomic mass is 10.0. The molecule has 0 aliphatic heterocycles. The van der Waals surface area contributed by atoms with Gasteiger partial charge in [-0.3, -0.25) is 9.69 Å². The Bertz CT molecular complexity index is 684. The quantitative estimate of drug-likeness (QED) is 0.811. The van der Waals surface area contributed by atoms with Gasteiger partial charge in [0.25, 0.3) is 0 Å². The second kappa shape index (κ2) is 7.15. The van der Waals surface area contributed by atoms with E-state index in [-0.39, 0.29) is 0 Å². The molecule has 7 heteroatoms. The van der Waals surface area contributed by atoms with Crippen LogP contribution >= 0.6 is 0 Å². The first kappa shape index (κ1) is 16.8. The Morgan fingerprint density at radius 2 is 2.13 bits per heavy atom. The van der Waals surface area contributed by atoms with Crippen molar-refractivity contribution in [1.82, 2.24) is 14.9 Å². The maximum Gasteiger partial charge on any atom is 0.325 e. The van der Waals surface area contributed by atoms with Gasteiger partial charge in [0.15, 0.2) is 11.5 Å². The Labute approximate surface area is 134 Å². The minimum atomic E-state index is -0.970. The lowest BCUT2D eigenvalue weighted by Gasteiger charge is -2.26. The van der Waals surface area contributed by atoms with Crippen molar-refractivity contribution in [3.63, 3.8) is 0 Å². The van der Waals surface area contributed by atoms with Gasteiger partial charge in [0, 0.05) is 17.5 Å². The normalized spacial score (nSPS) is 12.2. The van der Waals surface area contributed by atoms with Gasteiger partial charge in [0.05, 0.1) is 20.8 Å². The number of nitrogens with zero attached hydrogens (tertiary/aromatic N) is 2. The van der Waals surface area contributed by atoms with Crippen molar-refractivity contribution < 1.29 is 19.4 Å². The third-order valence-corrected chi connectivity index (χ3v) is 3.56. The fraction of sp³-hybridized carbons (Fsp3) is 0.375. The molecule has 0 amide bonds. The van der Waals surface area contributed by atoms with Gasteiger partial charge in [-0.05, 0) is 20.0 Å². The number of hydrogen-bond donors (Lipinski definition) is 2. The van der Waals surface area contributed by atoms with Crippen molar-refractivity contribution in [2.24, 2.45) is 0 Å². The number of likely N-dealkylation sites (N-methyl/N-ethyl adjacent to an activating group) is 1. The summed E-state index contributed by atoms with van der Waals surface area (Å²) >= 11 is 0. The summed E-state index contributed by atoms with van der Waals surface area (Å²) in [6, 6.07) is 4.32. The van der Waals surface area contributed by atoms with Gasteiger partial charge in [0.2, 0.25) is 0 Å².